The van der Waals surface area contributed by atoms with Crippen LogP contribution in [-0.2, 0) is 9.59 Å². The highest BCUT2D eigenvalue weighted by Crippen LogP contribution is 2.21. The molecule has 0 aliphatic carbocycles. The van der Waals surface area contributed by atoms with Gasteiger partial charge in [0.25, 0.3) is 0 Å². The van der Waals surface area contributed by atoms with Crippen molar-refractivity contribution in [2.75, 3.05) is 11.9 Å². The Balaban J connectivity index is 1.65. The number of hydrogen-bond donors (Lipinski definition) is 2. The molecule has 3 aromatic rings. The number of aryl methyl sites for hydroxylation is 1. The lowest BCUT2D eigenvalue weighted by molar-refractivity contribution is -0.136. The molecule has 0 saturated carbocycles. The molecule has 0 atom stereocenters. The third kappa shape index (κ3) is 6.52. The first-order chi connectivity index (χ1) is 16.4. The Bertz CT molecular complexity index is 1220. The molecule has 3 aromatic carbocycles. The second-order valence-corrected chi connectivity index (χ2v) is 7.30. The van der Waals surface area contributed by atoms with Crippen LogP contribution in [0.3, 0.4) is 0 Å². The number of nitrogens with zero attached hydrogens (tertiary/aromatic N) is 1. The molecule has 0 fully saturated rings. The number of para-hydroxylation sites is 1. The van der Waals surface area contributed by atoms with Crippen molar-refractivity contribution < 1.29 is 23.9 Å². The Morgan fingerprint density at radius 2 is 1.65 bits per heavy atom. The van der Waals surface area contributed by atoms with Crippen molar-refractivity contribution in [1.82, 2.24) is 5.43 Å². The number of nitrogens with one attached hydrogen (secondary N) is 2. The van der Waals surface area contributed by atoms with Crippen molar-refractivity contribution in [2.24, 2.45) is 5.10 Å². The third-order valence-electron chi connectivity index (χ3n) is 4.69. The second kappa shape index (κ2) is 11.4. The summed E-state index contributed by atoms with van der Waals surface area (Å²) in [7, 11) is 0. The molecule has 34 heavy (non-hydrogen) atoms. The van der Waals surface area contributed by atoms with Crippen molar-refractivity contribution in [2.45, 2.75) is 20.8 Å². The van der Waals surface area contributed by atoms with Gasteiger partial charge in [0.05, 0.1) is 17.9 Å². The van der Waals surface area contributed by atoms with Gasteiger partial charge in [0.15, 0.2) is 0 Å². The first kappa shape index (κ1) is 24.2. The SMILES string of the molecule is CCOc1ccc(NC(=O)C(=O)NN=C(C)c2ccccc2OC(=O)c2cccc(C)c2)cc1. The lowest BCUT2D eigenvalue weighted by atomic mass is 10.1. The Labute approximate surface area is 197 Å². The summed E-state index contributed by atoms with van der Waals surface area (Å²) in [6.07, 6.45) is 0. The summed E-state index contributed by atoms with van der Waals surface area (Å²) in [6, 6.07) is 20.5. The Morgan fingerprint density at radius 1 is 0.912 bits per heavy atom. The molecule has 0 heterocycles. The number of esters is 1. The largest absolute Gasteiger partial charge is 0.494 e. The van der Waals surface area contributed by atoms with E-state index in [0.29, 0.717) is 34.9 Å². The fraction of sp³-hybridized carbons (Fsp3) is 0.154. The van der Waals surface area contributed by atoms with Crippen molar-refractivity contribution in [3.05, 3.63) is 89.5 Å². The van der Waals surface area contributed by atoms with Crippen LogP contribution in [0.4, 0.5) is 5.69 Å². The highest BCUT2D eigenvalue weighted by molar-refractivity contribution is 6.39. The molecular weight excluding hydrogens is 434 g/mol. The smallest absolute Gasteiger partial charge is 0.343 e. The van der Waals surface area contributed by atoms with Crippen molar-refractivity contribution in [3.8, 4) is 11.5 Å². The van der Waals surface area contributed by atoms with E-state index in [4.69, 9.17) is 9.47 Å². The van der Waals surface area contributed by atoms with Crippen LogP contribution >= 0.6 is 0 Å². The maximum Gasteiger partial charge on any atom is 0.343 e. The Morgan fingerprint density at radius 3 is 2.35 bits per heavy atom. The Hall–Kier alpha value is -4.46. The van der Waals surface area contributed by atoms with Gasteiger partial charge in [-0.25, -0.2) is 10.2 Å². The first-order valence-electron chi connectivity index (χ1n) is 10.6. The van der Waals surface area contributed by atoms with Gasteiger partial charge in [-0.15, -0.1) is 0 Å². The van der Waals surface area contributed by atoms with Gasteiger partial charge in [-0.1, -0.05) is 29.8 Å². The fourth-order valence-corrected chi connectivity index (χ4v) is 3.02. The van der Waals surface area contributed by atoms with Crippen LogP contribution in [0.5, 0.6) is 11.5 Å². The molecule has 8 nitrogen and oxygen atoms in total. The van der Waals surface area contributed by atoms with Gasteiger partial charge in [0, 0.05) is 11.3 Å². The zero-order chi connectivity index (χ0) is 24.5. The molecule has 0 spiro atoms. The standard InChI is InChI=1S/C26H25N3O5/c1-4-33-21-14-12-20(13-15-21)27-24(30)25(31)29-28-18(3)22-10-5-6-11-23(22)34-26(32)19-9-7-8-17(2)16-19/h5-16H,4H2,1-3H3,(H,27,30)(H,29,31). The molecule has 0 saturated heterocycles. The van der Waals surface area contributed by atoms with Crippen molar-refractivity contribution >= 4 is 29.2 Å². The fourth-order valence-electron chi connectivity index (χ4n) is 3.02. The molecule has 0 unspecified atom stereocenters. The lowest BCUT2D eigenvalue weighted by Gasteiger charge is -2.10. The summed E-state index contributed by atoms with van der Waals surface area (Å²) in [5.74, 6) is -1.39. The van der Waals surface area contributed by atoms with Gasteiger partial charge in [0.1, 0.15) is 11.5 Å². The molecule has 3 rings (SSSR count). The summed E-state index contributed by atoms with van der Waals surface area (Å²) in [6.45, 7) is 5.91. The van der Waals surface area contributed by atoms with Crippen LogP contribution in [0, 0.1) is 6.92 Å². The molecule has 0 aliphatic rings. The average Bonchev–Trinajstić information content (AvgIpc) is 2.84. The first-order valence-corrected chi connectivity index (χ1v) is 10.6. The van der Waals surface area contributed by atoms with Crippen LogP contribution in [0.25, 0.3) is 0 Å². The minimum Gasteiger partial charge on any atom is -0.494 e. The van der Waals surface area contributed by atoms with Gasteiger partial charge in [-0.3, -0.25) is 9.59 Å². The maximum absolute atomic E-state index is 12.5. The zero-order valence-electron chi connectivity index (χ0n) is 19.1. The third-order valence-corrected chi connectivity index (χ3v) is 4.69. The summed E-state index contributed by atoms with van der Waals surface area (Å²) in [4.78, 5) is 36.9. The molecule has 0 bridgehead atoms. The van der Waals surface area contributed by atoms with E-state index in [0.717, 1.165) is 5.56 Å². The summed E-state index contributed by atoms with van der Waals surface area (Å²) >= 11 is 0. The molecule has 0 aliphatic heterocycles. The number of hydrogen-bond acceptors (Lipinski definition) is 6. The van der Waals surface area contributed by atoms with E-state index >= 15 is 0 Å². The van der Waals surface area contributed by atoms with Gasteiger partial charge in [-0.05, 0) is 69.3 Å². The van der Waals surface area contributed by atoms with Gasteiger partial charge in [0.2, 0.25) is 0 Å². The minimum absolute atomic E-state index is 0.281. The summed E-state index contributed by atoms with van der Waals surface area (Å²) < 4.78 is 10.9. The molecule has 0 radical (unpaired) electrons. The van der Waals surface area contributed by atoms with Crippen LogP contribution in [0.15, 0.2) is 77.9 Å². The number of anilines is 1. The minimum atomic E-state index is -0.942. The number of benzene rings is 3. The quantitative estimate of drug-likeness (QED) is 0.182. The normalized spacial score (nSPS) is 10.9. The topological polar surface area (TPSA) is 106 Å². The Kier molecular flexibility index (Phi) is 8.12. The highest BCUT2D eigenvalue weighted by Gasteiger charge is 2.16. The van der Waals surface area contributed by atoms with Crippen LogP contribution in [-0.4, -0.2) is 30.1 Å². The molecule has 8 heteroatoms. The molecule has 2 N–H and O–H groups in total. The monoisotopic (exact) mass is 459 g/mol. The van der Waals surface area contributed by atoms with E-state index < -0.39 is 17.8 Å². The number of carbonyl (C=O) groups is 3. The average molecular weight is 460 g/mol. The number of hydrazone groups is 1. The van der Waals surface area contributed by atoms with E-state index in [1.54, 1.807) is 73.7 Å². The highest BCUT2D eigenvalue weighted by atomic mass is 16.5. The number of ether oxygens (including phenoxy) is 2. The predicted octanol–water partition coefficient (Wildman–Crippen LogP) is 4.09. The van der Waals surface area contributed by atoms with Crippen LogP contribution in [0.1, 0.15) is 35.3 Å². The predicted molar refractivity (Wildman–Crippen MR) is 129 cm³/mol. The number of rotatable bonds is 7. The molecular formula is C26H25N3O5. The number of carbonyl (C=O) groups excluding carboxylic acids is 3. The molecule has 174 valence electrons. The van der Waals surface area contributed by atoms with Crippen LogP contribution in [0.2, 0.25) is 0 Å². The van der Waals surface area contributed by atoms with E-state index in [-0.39, 0.29) is 5.75 Å². The molecule has 0 aromatic heterocycles. The second-order valence-electron chi connectivity index (χ2n) is 7.30. The van der Waals surface area contributed by atoms with E-state index in [1.165, 1.54) is 0 Å². The van der Waals surface area contributed by atoms with E-state index in [2.05, 4.69) is 15.8 Å². The summed E-state index contributed by atoms with van der Waals surface area (Å²) in [5, 5.41) is 6.48. The lowest BCUT2D eigenvalue weighted by Crippen LogP contribution is -2.33. The summed E-state index contributed by atoms with van der Waals surface area (Å²) in [5.41, 5.74) is 4.88. The van der Waals surface area contributed by atoms with E-state index in [9.17, 15) is 14.4 Å². The van der Waals surface area contributed by atoms with Crippen molar-refractivity contribution in [3.63, 3.8) is 0 Å². The zero-order valence-corrected chi connectivity index (χ0v) is 19.1. The van der Waals surface area contributed by atoms with Crippen molar-refractivity contribution in [1.29, 1.82) is 0 Å². The van der Waals surface area contributed by atoms with Gasteiger partial charge >= 0.3 is 17.8 Å². The van der Waals surface area contributed by atoms with Gasteiger partial charge in [-0.2, -0.15) is 5.10 Å². The molecule has 2 amide bonds. The number of amides is 2. The maximum atomic E-state index is 12.5. The van der Waals surface area contributed by atoms with Gasteiger partial charge < -0.3 is 14.8 Å². The van der Waals surface area contributed by atoms with Crippen LogP contribution < -0.4 is 20.2 Å². The van der Waals surface area contributed by atoms with E-state index in [1.807, 2.05) is 19.9 Å².